The van der Waals surface area contributed by atoms with Crippen molar-refractivity contribution in [3.05, 3.63) is 29.6 Å². The summed E-state index contributed by atoms with van der Waals surface area (Å²) in [6.07, 6.45) is 6.72. The zero-order valence-electron chi connectivity index (χ0n) is 18.4. The lowest BCUT2D eigenvalue weighted by molar-refractivity contribution is 0.0558. The van der Waals surface area contributed by atoms with Crippen LogP contribution >= 0.6 is 0 Å². The Balaban J connectivity index is 1.34. The molecule has 4 aliphatic heterocycles. The Kier molecular flexibility index (Phi) is 4.86. The number of anilines is 1. The van der Waals surface area contributed by atoms with E-state index >= 15 is 0 Å². The van der Waals surface area contributed by atoms with Gasteiger partial charge in [0.25, 0.3) is 0 Å². The number of hydrogen-bond donors (Lipinski definition) is 1. The van der Waals surface area contributed by atoms with E-state index in [1.807, 2.05) is 20.8 Å². The number of carbonyl (C=O) groups excluding carboxylic acids is 1. The number of rotatable bonds is 1. The average molecular weight is 416 g/mol. The van der Waals surface area contributed by atoms with Crippen molar-refractivity contribution in [2.45, 2.75) is 88.4 Å². The van der Waals surface area contributed by atoms with Crippen LogP contribution in [0.1, 0.15) is 64.9 Å². The highest BCUT2D eigenvalue weighted by Crippen LogP contribution is 2.48. The SMILES string of the molecule is CC(C)(C)OC(=O)N1CC2(CCN(C3CC4CCC(C3)N4)CC2)c2cc(F)ccc21. The van der Waals surface area contributed by atoms with E-state index in [4.69, 9.17) is 4.74 Å². The van der Waals surface area contributed by atoms with Crippen LogP contribution in [0.2, 0.25) is 0 Å². The molecule has 5 rings (SSSR count). The van der Waals surface area contributed by atoms with Crippen molar-refractivity contribution in [2.24, 2.45) is 0 Å². The summed E-state index contributed by atoms with van der Waals surface area (Å²) in [7, 11) is 0. The third kappa shape index (κ3) is 3.62. The van der Waals surface area contributed by atoms with Gasteiger partial charge in [0.05, 0.1) is 5.69 Å². The summed E-state index contributed by atoms with van der Waals surface area (Å²) >= 11 is 0. The molecule has 6 heteroatoms. The first kappa shape index (κ1) is 20.3. The predicted molar refractivity (Wildman–Crippen MR) is 115 cm³/mol. The van der Waals surface area contributed by atoms with Gasteiger partial charge in [0.2, 0.25) is 0 Å². The number of benzene rings is 1. The molecule has 0 radical (unpaired) electrons. The number of amides is 1. The van der Waals surface area contributed by atoms with E-state index in [2.05, 4.69) is 10.2 Å². The summed E-state index contributed by atoms with van der Waals surface area (Å²) in [6.45, 7) is 8.27. The smallest absolute Gasteiger partial charge is 0.414 e. The fourth-order valence-electron chi connectivity index (χ4n) is 6.19. The maximum Gasteiger partial charge on any atom is 0.414 e. The third-order valence-corrected chi connectivity index (χ3v) is 7.62. The lowest BCUT2D eigenvalue weighted by Crippen LogP contribution is -2.53. The number of fused-ring (bicyclic) bond motifs is 4. The van der Waals surface area contributed by atoms with Crippen molar-refractivity contribution in [1.82, 2.24) is 10.2 Å². The van der Waals surface area contributed by atoms with Crippen molar-refractivity contribution < 1.29 is 13.9 Å². The Morgan fingerprint density at radius 3 is 2.47 bits per heavy atom. The lowest BCUT2D eigenvalue weighted by atomic mass is 9.73. The van der Waals surface area contributed by atoms with E-state index in [-0.39, 0.29) is 17.3 Å². The number of nitrogens with zero attached hydrogens (tertiary/aromatic N) is 2. The topological polar surface area (TPSA) is 44.8 Å². The first-order chi connectivity index (χ1) is 14.2. The Bertz CT molecular complexity index is 816. The van der Waals surface area contributed by atoms with Crippen LogP contribution in [-0.4, -0.2) is 54.4 Å². The maximum atomic E-state index is 14.2. The number of halogens is 1. The molecule has 0 aromatic heterocycles. The highest BCUT2D eigenvalue weighted by atomic mass is 19.1. The monoisotopic (exact) mass is 415 g/mol. The molecule has 1 spiro atoms. The molecular formula is C24H34FN3O2. The minimum atomic E-state index is -0.551. The minimum Gasteiger partial charge on any atom is -0.443 e. The Morgan fingerprint density at radius 2 is 1.83 bits per heavy atom. The zero-order valence-corrected chi connectivity index (χ0v) is 18.4. The van der Waals surface area contributed by atoms with Gasteiger partial charge in [-0.3, -0.25) is 4.90 Å². The van der Waals surface area contributed by atoms with Crippen LogP contribution in [0, 0.1) is 5.82 Å². The molecule has 3 saturated heterocycles. The highest BCUT2D eigenvalue weighted by molar-refractivity contribution is 5.91. The van der Waals surface area contributed by atoms with Crippen LogP contribution in [0.15, 0.2) is 18.2 Å². The molecule has 30 heavy (non-hydrogen) atoms. The lowest BCUT2D eigenvalue weighted by Gasteiger charge is -2.45. The Labute approximate surface area is 178 Å². The molecule has 1 N–H and O–H groups in total. The summed E-state index contributed by atoms with van der Waals surface area (Å²) in [4.78, 5) is 17.3. The molecule has 5 nitrogen and oxygen atoms in total. The molecule has 0 aliphatic carbocycles. The van der Waals surface area contributed by atoms with Crippen molar-refractivity contribution in [3.8, 4) is 0 Å². The minimum absolute atomic E-state index is 0.170. The molecule has 1 aromatic rings. The summed E-state index contributed by atoms with van der Waals surface area (Å²) in [6, 6.07) is 6.90. The first-order valence-corrected chi connectivity index (χ1v) is 11.5. The van der Waals surface area contributed by atoms with Gasteiger partial charge < -0.3 is 15.0 Å². The number of nitrogens with one attached hydrogen (secondary N) is 1. The maximum absolute atomic E-state index is 14.2. The molecule has 1 amide bonds. The fraction of sp³-hybridized carbons (Fsp3) is 0.708. The van der Waals surface area contributed by atoms with E-state index in [0.29, 0.717) is 24.7 Å². The summed E-state index contributed by atoms with van der Waals surface area (Å²) in [5.74, 6) is -0.225. The molecule has 164 valence electrons. The summed E-state index contributed by atoms with van der Waals surface area (Å²) in [5, 5.41) is 3.74. The number of ether oxygens (including phenoxy) is 1. The predicted octanol–water partition coefficient (Wildman–Crippen LogP) is 4.20. The van der Waals surface area contributed by atoms with E-state index in [1.54, 1.807) is 17.0 Å². The van der Waals surface area contributed by atoms with Gasteiger partial charge >= 0.3 is 6.09 Å². The zero-order chi connectivity index (χ0) is 21.1. The van der Waals surface area contributed by atoms with E-state index in [9.17, 15) is 9.18 Å². The molecule has 4 aliphatic rings. The molecule has 1 aromatic carbocycles. The van der Waals surface area contributed by atoms with Gasteiger partial charge in [-0.15, -0.1) is 0 Å². The third-order valence-electron chi connectivity index (χ3n) is 7.62. The number of carbonyl (C=O) groups is 1. The van der Waals surface area contributed by atoms with Gasteiger partial charge in [0, 0.05) is 30.1 Å². The van der Waals surface area contributed by atoms with Crippen molar-refractivity contribution in [1.29, 1.82) is 0 Å². The normalized spacial score (nSPS) is 30.5. The van der Waals surface area contributed by atoms with Crippen LogP contribution in [0.4, 0.5) is 14.9 Å². The van der Waals surface area contributed by atoms with Crippen molar-refractivity contribution in [2.75, 3.05) is 24.5 Å². The highest BCUT2D eigenvalue weighted by Gasteiger charge is 2.48. The van der Waals surface area contributed by atoms with Crippen molar-refractivity contribution in [3.63, 3.8) is 0 Å². The van der Waals surface area contributed by atoms with Crippen LogP contribution in [-0.2, 0) is 10.2 Å². The van der Waals surface area contributed by atoms with Crippen molar-refractivity contribution >= 4 is 11.8 Å². The number of likely N-dealkylation sites (tertiary alicyclic amines) is 1. The van der Waals surface area contributed by atoms with E-state index < -0.39 is 5.60 Å². The second kappa shape index (κ2) is 7.20. The summed E-state index contributed by atoms with van der Waals surface area (Å²) in [5.41, 5.74) is 1.08. The van der Waals surface area contributed by atoms with Gasteiger partial charge in [0.1, 0.15) is 11.4 Å². The molecule has 2 atom stereocenters. The quantitative estimate of drug-likeness (QED) is 0.747. The second-order valence-corrected chi connectivity index (χ2v) is 10.8. The second-order valence-electron chi connectivity index (χ2n) is 10.8. The van der Waals surface area contributed by atoms with Gasteiger partial charge in [-0.1, -0.05) is 0 Å². The van der Waals surface area contributed by atoms with Crippen LogP contribution in [0.3, 0.4) is 0 Å². The molecule has 2 unspecified atom stereocenters. The molecule has 2 bridgehead atoms. The van der Waals surface area contributed by atoms with Gasteiger partial charge in [0.15, 0.2) is 0 Å². The Hall–Kier alpha value is -1.66. The molecule has 4 heterocycles. The number of hydrogen-bond acceptors (Lipinski definition) is 4. The van der Waals surface area contributed by atoms with Gasteiger partial charge in [-0.05, 0) is 96.1 Å². The number of piperidine rings is 2. The molecular weight excluding hydrogens is 381 g/mol. The Morgan fingerprint density at radius 1 is 1.17 bits per heavy atom. The van der Waals surface area contributed by atoms with Crippen LogP contribution in [0.5, 0.6) is 0 Å². The van der Waals surface area contributed by atoms with Gasteiger partial charge in [-0.25, -0.2) is 9.18 Å². The largest absolute Gasteiger partial charge is 0.443 e. The summed E-state index contributed by atoms with van der Waals surface area (Å²) < 4.78 is 19.9. The molecule has 3 fully saturated rings. The average Bonchev–Trinajstić information content (AvgIpc) is 3.18. The fourth-order valence-corrected chi connectivity index (χ4v) is 6.19. The van der Waals surface area contributed by atoms with Crippen LogP contribution < -0.4 is 10.2 Å². The van der Waals surface area contributed by atoms with E-state index in [1.165, 1.54) is 31.7 Å². The van der Waals surface area contributed by atoms with Gasteiger partial charge in [-0.2, -0.15) is 0 Å². The van der Waals surface area contributed by atoms with Crippen LogP contribution in [0.25, 0.3) is 0 Å². The van der Waals surface area contributed by atoms with E-state index in [0.717, 1.165) is 37.2 Å². The standard InChI is InChI=1S/C24H34FN3O2/c1-23(2,3)30-22(29)28-15-24(20-12-16(25)4-7-21(20)28)8-10-27(11-9-24)19-13-17-5-6-18(14-19)26-17/h4,7,12,17-19,26H,5-6,8-11,13-15H2,1-3H3. The molecule has 0 saturated carbocycles. The first-order valence-electron chi connectivity index (χ1n) is 11.5.